The van der Waals surface area contributed by atoms with Gasteiger partial charge in [0.05, 0.1) is 0 Å². The van der Waals surface area contributed by atoms with Crippen molar-refractivity contribution in [3.8, 4) is 11.1 Å². The van der Waals surface area contributed by atoms with Gasteiger partial charge in [-0.15, -0.1) is 0 Å². The van der Waals surface area contributed by atoms with Crippen molar-refractivity contribution in [2.45, 2.75) is 135 Å². The van der Waals surface area contributed by atoms with Crippen molar-refractivity contribution in [1.82, 2.24) is 0 Å². The van der Waals surface area contributed by atoms with E-state index in [9.17, 15) is 0 Å². The van der Waals surface area contributed by atoms with Crippen LogP contribution in [0, 0.1) is 35.3 Å². The number of halogens is 2. The maximum absolute atomic E-state index is 15.4. The Balaban J connectivity index is 1.14. The molecule has 0 radical (unpaired) electrons. The minimum Gasteiger partial charge on any atom is -0.207 e. The van der Waals surface area contributed by atoms with E-state index in [1.807, 2.05) is 18.2 Å². The molecule has 0 atom stereocenters. The Morgan fingerprint density at radius 2 is 1.26 bits per heavy atom. The van der Waals surface area contributed by atoms with E-state index in [4.69, 9.17) is 0 Å². The molecule has 0 saturated heterocycles. The first-order valence-corrected chi connectivity index (χ1v) is 16.6. The second kappa shape index (κ2) is 13.8. The molecule has 214 valence electrons. The molecule has 2 heteroatoms. The van der Waals surface area contributed by atoms with Gasteiger partial charge in [0.1, 0.15) is 11.6 Å². The molecule has 3 saturated carbocycles. The van der Waals surface area contributed by atoms with E-state index in [1.165, 1.54) is 96.3 Å². The van der Waals surface area contributed by atoms with Crippen LogP contribution in [0.5, 0.6) is 0 Å². The minimum atomic E-state index is -0.202. The third kappa shape index (κ3) is 7.15. The summed E-state index contributed by atoms with van der Waals surface area (Å²) >= 11 is 0. The van der Waals surface area contributed by atoms with Gasteiger partial charge in [0.25, 0.3) is 0 Å². The molecule has 0 amide bonds. The van der Waals surface area contributed by atoms with Crippen LogP contribution in [0.25, 0.3) is 11.1 Å². The molecular weight excluding hydrogens is 482 g/mol. The van der Waals surface area contributed by atoms with Crippen molar-refractivity contribution in [1.29, 1.82) is 0 Å². The lowest BCUT2D eigenvalue weighted by Gasteiger charge is -2.38. The number of hydrogen-bond donors (Lipinski definition) is 0. The lowest BCUT2D eigenvalue weighted by molar-refractivity contribution is 0.155. The Hall–Kier alpha value is -1.70. The summed E-state index contributed by atoms with van der Waals surface area (Å²) in [5, 5.41) is 0. The number of benzene rings is 2. The van der Waals surface area contributed by atoms with E-state index in [-0.39, 0.29) is 11.6 Å². The Bertz CT molecular complexity index is 1030. The smallest absolute Gasteiger partial charge is 0.131 e. The van der Waals surface area contributed by atoms with Gasteiger partial charge in [0.15, 0.2) is 0 Å². The second-order valence-corrected chi connectivity index (χ2v) is 13.5. The van der Waals surface area contributed by atoms with Gasteiger partial charge in [-0.3, -0.25) is 0 Å². The predicted molar refractivity (Wildman–Crippen MR) is 161 cm³/mol. The van der Waals surface area contributed by atoms with Crippen molar-refractivity contribution in [2.75, 3.05) is 0 Å². The third-order valence-corrected chi connectivity index (χ3v) is 11.2. The van der Waals surface area contributed by atoms with Crippen LogP contribution in [0.1, 0.15) is 146 Å². The molecule has 0 aliphatic heterocycles. The van der Waals surface area contributed by atoms with Gasteiger partial charge in [-0.25, -0.2) is 8.78 Å². The van der Waals surface area contributed by atoms with Crippen LogP contribution in [0.3, 0.4) is 0 Å². The van der Waals surface area contributed by atoms with Gasteiger partial charge >= 0.3 is 0 Å². The fourth-order valence-electron chi connectivity index (χ4n) is 8.48. The van der Waals surface area contributed by atoms with Gasteiger partial charge in [-0.2, -0.15) is 0 Å². The van der Waals surface area contributed by atoms with E-state index < -0.39 is 0 Å². The normalized spacial score (nSPS) is 29.8. The molecule has 3 aliphatic rings. The van der Waals surface area contributed by atoms with E-state index in [2.05, 4.69) is 19.9 Å². The van der Waals surface area contributed by atoms with Gasteiger partial charge < -0.3 is 0 Å². The number of hydrogen-bond acceptors (Lipinski definition) is 0. The van der Waals surface area contributed by atoms with Crippen molar-refractivity contribution in [2.24, 2.45) is 23.7 Å². The van der Waals surface area contributed by atoms with Gasteiger partial charge in [-0.1, -0.05) is 83.1 Å². The molecule has 0 heterocycles. The first-order valence-electron chi connectivity index (χ1n) is 16.6. The van der Waals surface area contributed by atoms with Crippen LogP contribution in [-0.4, -0.2) is 0 Å². The number of unbranched alkanes of at least 4 members (excludes halogenated alkanes) is 2. The maximum atomic E-state index is 15.4. The van der Waals surface area contributed by atoms with Crippen molar-refractivity contribution in [3.05, 3.63) is 59.2 Å². The Kier molecular flexibility index (Phi) is 10.2. The van der Waals surface area contributed by atoms with Crippen LogP contribution in [-0.2, 0) is 0 Å². The zero-order chi connectivity index (χ0) is 27.2. The lowest BCUT2D eigenvalue weighted by Crippen LogP contribution is -2.25. The van der Waals surface area contributed by atoms with Crippen LogP contribution in [0.2, 0.25) is 0 Å². The van der Waals surface area contributed by atoms with E-state index in [0.717, 1.165) is 47.6 Å². The molecule has 0 N–H and O–H groups in total. The van der Waals surface area contributed by atoms with E-state index in [1.54, 1.807) is 12.1 Å². The van der Waals surface area contributed by atoms with Gasteiger partial charge in [0, 0.05) is 5.56 Å². The van der Waals surface area contributed by atoms with E-state index >= 15 is 8.78 Å². The monoisotopic (exact) mass is 534 g/mol. The average Bonchev–Trinajstić information content (AvgIpc) is 2.98. The molecule has 0 aromatic heterocycles. The standard InChI is InChI=1S/C37H52F2/c1-3-5-6-7-27-10-12-28(13-11-27)29-16-18-30(19-17-29)32-20-22-35(36(38)24-32)33-21-23-34(37(39)25-33)31-14-8-26(4-2)9-15-31/h20-31H,3-19H2,1-2H3. The first-order chi connectivity index (χ1) is 19.1. The summed E-state index contributed by atoms with van der Waals surface area (Å²) < 4.78 is 30.5. The second-order valence-electron chi connectivity index (χ2n) is 13.5. The maximum Gasteiger partial charge on any atom is 0.131 e. The summed E-state index contributed by atoms with van der Waals surface area (Å²) in [6.07, 6.45) is 22.1. The summed E-state index contributed by atoms with van der Waals surface area (Å²) in [6, 6.07) is 11.2. The molecule has 0 spiro atoms. The lowest BCUT2D eigenvalue weighted by atomic mass is 9.68. The van der Waals surface area contributed by atoms with Gasteiger partial charge in [-0.05, 0) is 129 Å². The summed E-state index contributed by atoms with van der Waals surface area (Å²) in [5.41, 5.74) is 3.16. The van der Waals surface area contributed by atoms with Crippen molar-refractivity contribution in [3.63, 3.8) is 0 Å². The molecule has 0 nitrogen and oxygen atoms in total. The zero-order valence-electron chi connectivity index (χ0n) is 24.7. The summed E-state index contributed by atoms with van der Waals surface area (Å²) in [5.74, 6) is 3.99. The van der Waals surface area contributed by atoms with Gasteiger partial charge in [0.2, 0.25) is 0 Å². The number of rotatable bonds is 9. The molecule has 2 aromatic rings. The quantitative estimate of drug-likeness (QED) is 0.281. The zero-order valence-corrected chi connectivity index (χ0v) is 24.7. The Morgan fingerprint density at radius 3 is 1.87 bits per heavy atom. The average molecular weight is 535 g/mol. The Labute approximate surface area is 237 Å². The van der Waals surface area contributed by atoms with E-state index in [0.29, 0.717) is 23.0 Å². The van der Waals surface area contributed by atoms with Crippen LogP contribution in [0.4, 0.5) is 8.78 Å². The van der Waals surface area contributed by atoms with Crippen molar-refractivity contribution < 1.29 is 8.78 Å². The fourth-order valence-corrected chi connectivity index (χ4v) is 8.48. The highest BCUT2D eigenvalue weighted by Gasteiger charge is 2.31. The van der Waals surface area contributed by atoms with Crippen LogP contribution in [0.15, 0.2) is 36.4 Å². The molecule has 3 aliphatic carbocycles. The topological polar surface area (TPSA) is 0 Å². The molecule has 2 aromatic carbocycles. The summed E-state index contributed by atoms with van der Waals surface area (Å²) in [7, 11) is 0. The molecule has 5 rings (SSSR count). The molecule has 0 unspecified atom stereocenters. The first kappa shape index (κ1) is 28.8. The van der Waals surface area contributed by atoms with Crippen molar-refractivity contribution >= 4 is 0 Å². The third-order valence-electron chi connectivity index (χ3n) is 11.2. The predicted octanol–water partition coefficient (Wildman–Crippen LogP) is 12.0. The summed E-state index contributed by atoms with van der Waals surface area (Å²) in [6.45, 7) is 4.56. The highest BCUT2D eigenvalue weighted by Crippen LogP contribution is 2.45. The highest BCUT2D eigenvalue weighted by atomic mass is 19.1. The Morgan fingerprint density at radius 1 is 0.615 bits per heavy atom. The fraction of sp³-hybridized carbons (Fsp3) is 0.676. The molecule has 0 bridgehead atoms. The molecule has 3 fully saturated rings. The summed E-state index contributed by atoms with van der Waals surface area (Å²) in [4.78, 5) is 0. The van der Waals surface area contributed by atoms with Crippen LogP contribution < -0.4 is 0 Å². The SMILES string of the molecule is CCCCCC1CCC(C2CCC(c3ccc(-c4ccc(C5CCC(CC)CC5)c(F)c4)c(F)c3)CC2)CC1. The molecule has 39 heavy (non-hydrogen) atoms. The van der Waals surface area contributed by atoms with Crippen LogP contribution >= 0.6 is 0 Å². The highest BCUT2D eigenvalue weighted by molar-refractivity contribution is 5.65. The largest absolute Gasteiger partial charge is 0.207 e. The molecular formula is C37H52F2. The minimum absolute atomic E-state index is 0.163.